The Morgan fingerprint density at radius 3 is 2.76 bits per heavy atom. The summed E-state index contributed by atoms with van der Waals surface area (Å²) < 4.78 is 23.3. The molecule has 216 valence electrons. The van der Waals surface area contributed by atoms with Gasteiger partial charge in [0.1, 0.15) is 18.2 Å². The smallest absolute Gasteiger partial charge is 0.247 e. The van der Waals surface area contributed by atoms with Crippen LogP contribution in [0.1, 0.15) is 49.7 Å². The van der Waals surface area contributed by atoms with Crippen molar-refractivity contribution in [1.29, 1.82) is 0 Å². The zero-order valence-corrected chi connectivity index (χ0v) is 23.5. The minimum Gasteiger partial charge on any atom is -0.508 e. The van der Waals surface area contributed by atoms with Gasteiger partial charge in [-0.05, 0) is 80.8 Å². The van der Waals surface area contributed by atoms with Crippen molar-refractivity contribution in [3.8, 4) is 24.0 Å². The highest BCUT2D eigenvalue weighted by molar-refractivity contribution is 5.92. The lowest BCUT2D eigenvalue weighted by molar-refractivity contribution is 0.111. The molecule has 2 bridgehead atoms. The van der Waals surface area contributed by atoms with Gasteiger partial charge in [0.15, 0.2) is 11.2 Å². The van der Waals surface area contributed by atoms with E-state index in [1.807, 2.05) is 4.57 Å². The third-order valence-electron chi connectivity index (χ3n) is 9.93. The maximum Gasteiger partial charge on any atom is 0.247 e. The molecule has 42 heavy (non-hydrogen) atoms. The number of fused-ring (bicyclic) bond motifs is 6. The van der Waals surface area contributed by atoms with Gasteiger partial charge < -0.3 is 24.6 Å². The van der Waals surface area contributed by atoms with Crippen LogP contribution < -0.4 is 15.0 Å². The van der Waals surface area contributed by atoms with E-state index >= 15 is 0 Å². The monoisotopic (exact) mass is 567 g/mol. The fraction of sp³-hybridized carbons (Fsp3) is 0.469. The maximum atomic E-state index is 14.7. The first kappa shape index (κ1) is 25.7. The Balaban J connectivity index is 1.22. The second-order valence-corrected chi connectivity index (χ2v) is 12.3. The van der Waals surface area contributed by atoms with Crippen LogP contribution in [-0.4, -0.2) is 79.9 Å². The van der Waals surface area contributed by atoms with E-state index in [2.05, 4.69) is 21.0 Å². The molecule has 0 aliphatic carbocycles. The summed E-state index contributed by atoms with van der Waals surface area (Å²) in [6.07, 6.45) is 14.4. The molecule has 5 fully saturated rings. The zero-order valence-electron chi connectivity index (χ0n) is 23.5. The van der Waals surface area contributed by atoms with Crippen molar-refractivity contribution < 1.29 is 14.2 Å². The summed E-state index contributed by atoms with van der Waals surface area (Å²) >= 11 is 0. The topological polar surface area (TPSA) is 91.6 Å². The highest BCUT2D eigenvalue weighted by Gasteiger charge is 2.45. The van der Waals surface area contributed by atoms with Crippen LogP contribution in [0.4, 0.5) is 10.3 Å². The predicted molar refractivity (Wildman–Crippen MR) is 158 cm³/mol. The molecule has 0 saturated carbocycles. The Morgan fingerprint density at radius 1 is 1.17 bits per heavy atom. The van der Waals surface area contributed by atoms with Crippen LogP contribution in [0, 0.1) is 18.2 Å². The average Bonchev–Trinajstić information content (AvgIpc) is 3.71. The van der Waals surface area contributed by atoms with Gasteiger partial charge in [-0.15, -0.1) is 6.42 Å². The maximum absolute atomic E-state index is 14.7. The molecule has 7 heterocycles. The number of aromatic nitrogens is 4. The van der Waals surface area contributed by atoms with Crippen molar-refractivity contribution in [2.45, 2.75) is 62.7 Å². The Hall–Kier alpha value is -3.94. The van der Waals surface area contributed by atoms with Crippen molar-refractivity contribution in [2.24, 2.45) is 0 Å². The molecule has 2 aromatic heterocycles. The Labute approximate surface area is 243 Å². The number of imidazole rings is 1. The molecule has 10 heteroatoms. The van der Waals surface area contributed by atoms with Gasteiger partial charge in [0.05, 0.1) is 24.0 Å². The van der Waals surface area contributed by atoms with Crippen LogP contribution in [0.2, 0.25) is 0 Å². The number of benzene rings is 2. The fourth-order valence-electron chi connectivity index (χ4n) is 7.83. The standard InChI is InChI=1S/C32H34FN7O2/c1-2-25-26(33)8-5-20-13-24(41)14-21(27(20)25)16-38-19-35-28-29(38)36-31(40-17-22-6-7-23(40)15-34-22)37-30(28)42-18-32-9-3-11-39(32)12-4-10-32/h1,5,8,13-14,19,22-23,34,41H,3-4,6-7,9-12,15-18H2. The molecule has 2 aromatic carbocycles. The number of phenols is 1. The van der Waals surface area contributed by atoms with Crippen molar-refractivity contribution in [1.82, 2.24) is 29.7 Å². The van der Waals surface area contributed by atoms with Gasteiger partial charge >= 0.3 is 0 Å². The molecule has 2 atom stereocenters. The quantitative estimate of drug-likeness (QED) is 0.340. The van der Waals surface area contributed by atoms with Gasteiger partial charge in [0.25, 0.3) is 0 Å². The number of piperazine rings is 1. The first-order valence-electron chi connectivity index (χ1n) is 15.0. The number of nitrogens with zero attached hydrogens (tertiary/aromatic N) is 6. The largest absolute Gasteiger partial charge is 0.508 e. The van der Waals surface area contributed by atoms with E-state index in [0.717, 1.165) is 51.9 Å². The van der Waals surface area contributed by atoms with Crippen LogP contribution in [-0.2, 0) is 6.54 Å². The van der Waals surface area contributed by atoms with E-state index in [-0.39, 0.29) is 16.9 Å². The number of piperidine rings is 2. The first-order valence-corrected chi connectivity index (χ1v) is 15.0. The molecule has 0 radical (unpaired) electrons. The number of anilines is 1. The number of terminal acetylenes is 1. The normalized spacial score (nSPS) is 23.1. The van der Waals surface area contributed by atoms with E-state index in [9.17, 15) is 9.50 Å². The lowest BCUT2D eigenvalue weighted by Gasteiger charge is -2.45. The number of rotatable bonds is 6. The number of phenolic OH excluding ortho intramolecular Hbond substituents is 1. The SMILES string of the molecule is C#Cc1c(F)ccc2cc(O)cc(Cn3cnc4c(OCC56CCCN5CCC6)nc(N5CC6CCC5CN6)nc43)c12. The summed E-state index contributed by atoms with van der Waals surface area (Å²) in [4.78, 5) is 19.7. The summed E-state index contributed by atoms with van der Waals surface area (Å²) in [6.45, 7) is 4.90. The molecule has 5 aliphatic heterocycles. The van der Waals surface area contributed by atoms with Crippen LogP contribution in [0.3, 0.4) is 0 Å². The molecule has 0 amide bonds. The molecular formula is C32H34FN7O2. The lowest BCUT2D eigenvalue weighted by atomic mass is 9.93. The summed E-state index contributed by atoms with van der Waals surface area (Å²) in [5.41, 5.74) is 2.19. The van der Waals surface area contributed by atoms with Crippen molar-refractivity contribution >= 4 is 27.9 Å². The van der Waals surface area contributed by atoms with Gasteiger partial charge in [-0.1, -0.05) is 12.0 Å². The molecule has 9 rings (SSSR count). The molecule has 5 aliphatic rings. The molecule has 2 N–H and O–H groups in total. The van der Waals surface area contributed by atoms with Gasteiger partial charge in [-0.3, -0.25) is 4.90 Å². The third kappa shape index (κ3) is 4.09. The Bertz CT molecular complexity index is 1730. The third-order valence-corrected chi connectivity index (χ3v) is 9.93. The Kier molecular flexibility index (Phi) is 6.02. The summed E-state index contributed by atoms with van der Waals surface area (Å²) in [5, 5.41) is 15.4. The van der Waals surface area contributed by atoms with E-state index in [0.29, 0.717) is 64.6 Å². The minimum atomic E-state index is -0.464. The van der Waals surface area contributed by atoms with Crippen LogP contribution >= 0.6 is 0 Å². The van der Waals surface area contributed by atoms with E-state index in [1.54, 1.807) is 24.5 Å². The lowest BCUT2D eigenvalue weighted by Crippen LogP contribution is -2.61. The van der Waals surface area contributed by atoms with E-state index in [1.165, 1.54) is 18.9 Å². The highest BCUT2D eigenvalue weighted by atomic mass is 19.1. The zero-order chi connectivity index (χ0) is 28.4. The van der Waals surface area contributed by atoms with Crippen LogP contribution in [0.15, 0.2) is 30.6 Å². The number of halogens is 1. The first-order chi connectivity index (χ1) is 20.5. The average molecular weight is 568 g/mol. The number of hydrogen-bond donors (Lipinski definition) is 2. The summed E-state index contributed by atoms with van der Waals surface area (Å²) in [5.74, 6) is 3.29. The van der Waals surface area contributed by atoms with Gasteiger partial charge in [0.2, 0.25) is 11.8 Å². The number of aromatic hydroxyl groups is 1. The second-order valence-electron chi connectivity index (χ2n) is 12.3. The van der Waals surface area contributed by atoms with Crippen molar-refractivity contribution in [3.63, 3.8) is 0 Å². The summed E-state index contributed by atoms with van der Waals surface area (Å²) in [7, 11) is 0. The van der Waals surface area contributed by atoms with E-state index < -0.39 is 5.82 Å². The number of hydrogen-bond acceptors (Lipinski definition) is 8. The molecule has 0 spiro atoms. The van der Waals surface area contributed by atoms with Gasteiger partial charge in [-0.2, -0.15) is 9.97 Å². The second kappa shape index (κ2) is 9.82. The predicted octanol–water partition coefficient (Wildman–Crippen LogP) is 3.80. The molecule has 9 nitrogen and oxygen atoms in total. The molecule has 4 aromatic rings. The highest BCUT2D eigenvalue weighted by Crippen LogP contribution is 2.40. The molecular weight excluding hydrogens is 533 g/mol. The minimum absolute atomic E-state index is 0.0737. The van der Waals surface area contributed by atoms with Gasteiger partial charge in [-0.25, -0.2) is 9.37 Å². The Morgan fingerprint density at radius 2 is 2.02 bits per heavy atom. The number of nitrogens with one attached hydrogen (secondary N) is 1. The van der Waals surface area contributed by atoms with Crippen molar-refractivity contribution in [2.75, 3.05) is 37.7 Å². The fourth-order valence-corrected chi connectivity index (χ4v) is 7.83. The van der Waals surface area contributed by atoms with Crippen molar-refractivity contribution in [3.05, 3.63) is 47.5 Å². The molecule has 5 saturated heterocycles. The van der Waals surface area contributed by atoms with Crippen LogP contribution in [0.25, 0.3) is 21.9 Å². The summed E-state index contributed by atoms with van der Waals surface area (Å²) in [6, 6.07) is 6.96. The van der Waals surface area contributed by atoms with Crippen LogP contribution in [0.5, 0.6) is 11.6 Å². The van der Waals surface area contributed by atoms with Gasteiger partial charge in [0, 0.05) is 30.6 Å². The number of ether oxygens (including phenoxy) is 1. The molecule has 2 unspecified atom stereocenters. The van der Waals surface area contributed by atoms with E-state index in [4.69, 9.17) is 26.1 Å².